The van der Waals surface area contributed by atoms with E-state index in [2.05, 4.69) is 4.98 Å². The van der Waals surface area contributed by atoms with E-state index in [-0.39, 0.29) is 5.69 Å². The summed E-state index contributed by atoms with van der Waals surface area (Å²) in [5, 5.41) is 0. The number of aryl methyl sites for hydroxylation is 1. The summed E-state index contributed by atoms with van der Waals surface area (Å²) in [6.45, 7) is 4.47. The molecule has 0 bridgehead atoms. The lowest BCUT2D eigenvalue weighted by atomic mass is 10.1. The first-order valence-corrected chi connectivity index (χ1v) is 6.40. The SMILES string of the molecule is CCCCOC(=O)c1coc(-c2ccc(C)cc2)n1. The highest BCUT2D eigenvalue weighted by Crippen LogP contribution is 2.19. The Bertz CT molecular complexity index is 543. The molecule has 1 aromatic heterocycles. The Balaban J connectivity index is 2.06. The average molecular weight is 259 g/mol. The number of aromatic nitrogens is 1. The van der Waals surface area contributed by atoms with E-state index in [0.717, 1.165) is 24.0 Å². The Morgan fingerprint density at radius 1 is 1.32 bits per heavy atom. The molecule has 2 rings (SSSR count). The van der Waals surface area contributed by atoms with E-state index in [1.807, 2.05) is 38.1 Å². The van der Waals surface area contributed by atoms with Crippen LogP contribution in [0.5, 0.6) is 0 Å². The molecule has 0 saturated heterocycles. The van der Waals surface area contributed by atoms with Gasteiger partial charge in [0.25, 0.3) is 0 Å². The first kappa shape index (κ1) is 13.3. The second-order valence-electron chi connectivity index (χ2n) is 4.39. The van der Waals surface area contributed by atoms with E-state index in [1.54, 1.807) is 0 Å². The number of nitrogens with zero attached hydrogens (tertiary/aromatic N) is 1. The predicted octanol–water partition coefficient (Wildman–Crippen LogP) is 3.61. The molecule has 0 radical (unpaired) electrons. The summed E-state index contributed by atoms with van der Waals surface area (Å²) in [5.74, 6) is -0.00185. The quantitative estimate of drug-likeness (QED) is 0.608. The van der Waals surface area contributed by atoms with Gasteiger partial charge >= 0.3 is 5.97 Å². The highest BCUT2D eigenvalue weighted by atomic mass is 16.5. The molecule has 0 spiro atoms. The van der Waals surface area contributed by atoms with Crippen LogP contribution in [0, 0.1) is 6.92 Å². The summed E-state index contributed by atoms with van der Waals surface area (Å²) in [5.41, 5.74) is 2.22. The second kappa shape index (κ2) is 6.18. The fraction of sp³-hybridized carbons (Fsp3) is 0.333. The van der Waals surface area contributed by atoms with Gasteiger partial charge in [0.2, 0.25) is 5.89 Å². The smallest absolute Gasteiger partial charge is 0.360 e. The lowest BCUT2D eigenvalue weighted by Crippen LogP contribution is -2.06. The molecule has 0 N–H and O–H groups in total. The van der Waals surface area contributed by atoms with Crippen molar-refractivity contribution < 1.29 is 13.9 Å². The summed E-state index contributed by atoms with van der Waals surface area (Å²) in [7, 11) is 0. The van der Waals surface area contributed by atoms with Crippen molar-refractivity contribution in [2.75, 3.05) is 6.61 Å². The number of hydrogen-bond acceptors (Lipinski definition) is 4. The minimum Gasteiger partial charge on any atom is -0.461 e. The Labute approximate surface area is 112 Å². The number of oxazole rings is 1. The molecular formula is C15H17NO3. The van der Waals surface area contributed by atoms with E-state index in [9.17, 15) is 4.79 Å². The van der Waals surface area contributed by atoms with Crippen molar-refractivity contribution in [3.05, 3.63) is 41.8 Å². The molecule has 0 saturated carbocycles. The second-order valence-corrected chi connectivity index (χ2v) is 4.39. The van der Waals surface area contributed by atoms with E-state index in [0.29, 0.717) is 12.5 Å². The maximum absolute atomic E-state index is 11.7. The van der Waals surface area contributed by atoms with Gasteiger partial charge in [-0.25, -0.2) is 9.78 Å². The number of carbonyl (C=O) groups excluding carboxylic acids is 1. The van der Waals surface area contributed by atoms with Gasteiger partial charge in [0.1, 0.15) is 6.26 Å². The summed E-state index contributed by atoms with van der Waals surface area (Å²) in [4.78, 5) is 15.8. The number of carbonyl (C=O) groups is 1. The number of esters is 1. The third-order valence-electron chi connectivity index (χ3n) is 2.74. The van der Waals surface area contributed by atoms with Crippen molar-refractivity contribution in [3.63, 3.8) is 0 Å². The topological polar surface area (TPSA) is 52.3 Å². The number of rotatable bonds is 5. The summed E-state index contributed by atoms with van der Waals surface area (Å²) in [6.07, 6.45) is 3.18. The van der Waals surface area contributed by atoms with Gasteiger partial charge in [0.15, 0.2) is 5.69 Å². The molecular weight excluding hydrogens is 242 g/mol. The van der Waals surface area contributed by atoms with Crippen molar-refractivity contribution in [2.45, 2.75) is 26.7 Å². The van der Waals surface area contributed by atoms with E-state index < -0.39 is 5.97 Å². The first-order chi connectivity index (χ1) is 9.20. The Kier molecular flexibility index (Phi) is 4.34. The standard InChI is InChI=1S/C15H17NO3/c1-3-4-9-18-15(17)13-10-19-14(16-13)12-7-5-11(2)6-8-12/h5-8,10H,3-4,9H2,1-2H3. The maximum atomic E-state index is 11.7. The Hall–Kier alpha value is -2.10. The van der Waals surface area contributed by atoms with Crippen molar-refractivity contribution in [1.29, 1.82) is 0 Å². The zero-order valence-electron chi connectivity index (χ0n) is 11.2. The van der Waals surface area contributed by atoms with Crippen LogP contribution in [0.25, 0.3) is 11.5 Å². The third kappa shape index (κ3) is 3.44. The van der Waals surface area contributed by atoms with Gasteiger partial charge < -0.3 is 9.15 Å². The lowest BCUT2D eigenvalue weighted by molar-refractivity contribution is 0.0493. The molecule has 0 atom stereocenters. The number of benzene rings is 1. The zero-order chi connectivity index (χ0) is 13.7. The third-order valence-corrected chi connectivity index (χ3v) is 2.74. The Morgan fingerprint density at radius 2 is 2.05 bits per heavy atom. The van der Waals surface area contributed by atoms with Gasteiger partial charge in [0, 0.05) is 5.56 Å². The van der Waals surface area contributed by atoms with Gasteiger partial charge in [-0.15, -0.1) is 0 Å². The van der Waals surface area contributed by atoms with Crippen LogP contribution in [0.2, 0.25) is 0 Å². The van der Waals surface area contributed by atoms with E-state index >= 15 is 0 Å². The molecule has 0 aliphatic heterocycles. The first-order valence-electron chi connectivity index (χ1n) is 6.40. The average Bonchev–Trinajstić information content (AvgIpc) is 2.89. The number of hydrogen-bond donors (Lipinski definition) is 0. The lowest BCUT2D eigenvalue weighted by Gasteiger charge is -1.99. The molecule has 1 aromatic carbocycles. The van der Waals surface area contributed by atoms with Crippen molar-refractivity contribution in [2.24, 2.45) is 0 Å². The fourth-order valence-corrected chi connectivity index (χ4v) is 1.58. The maximum Gasteiger partial charge on any atom is 0.360 e. The molecule has 2 aromatic rings. The van der Waals surface area contributed by atoms with Crippen LogP contribution in [0.15, 0.2) is 34.9 Å². The summed E-state index contributed by atoms with van der Waals surface area (Å²) < 4.78 is 10.4. The monoisotopic (exact) mass is 259 g/mol. The molecule has 0 aliphatic rings. The molecule has 19 heavy (non-hydrogen) atoms. The Morgan fingerprint density at radius 3 is 2.74 bits per heavy atom. The summed E-state index contributed by atoms with van der Waals surface area (Å²) in [6, 6.07) is 7.76. The predicted molar refractivity (Wildman–Crippen MR) is 71.9 cm³/mol. The van der Waals surface area contributed by atoms with E-state index in [4.69, 9.17) is 9.15 Å². The molecule has 4 heteroatoms. The normalized spacial score (nSPS) is 10.4. The highest BCUT2D eigenvalue weighted by molar-refractivity contribution is 5.87. The van der Waals surface area contributed by atoms with Gasteiger partial charge in [-0.1, -0.05) is 31.0 Å². The van der Waals surface area contributed by atoms with Crippen LogP contribution in [-0.4, -0.2) is 17.6 Å². The van der Waals surface area contributed by atoms with Crippen LogP contribution in [0.3, 0.4) is 0 Å². The van der Waals surface area contributed by atoms with Gasteiger partial charge in [-0.2, -0.15) is 0 Å². The number of ether oxygens (including phenoxy) is 1. The highest BCUT2D eigenvalue weighted by Gasteiger charge is 2.14. The van der Waals surface area contributed by atoms with Crippen molar-refractivity contribution >= 4 is 5.97 Å². The van der Waals surface area contributed by atoms with Crippen LogP contribution in [0.1, 0.15) is 35.8 Å². The van der Waals surface area contributed by atoms with Crippen molar-refractivity contribution in [3.8, 4) is 11.5 Å². The zero-order valence-corrected chi connectivity index (χ0v) is 11.2. The molecule has 0 aliphatic carbocycles. The molecule has 0 amide bonds. The van der Waals surface area contributed by atoms with Crippen LogP contribution in [0.4, 0.5) is 0 Å². The summed E-state index contributed by atoms with van der Waals surface area (Å²) >= 11 is 0. The minimum absolute atomic E-state index is 0.215. The van der Waals surface area contributed by atoms with E-state index in [1.165, 1.54) is 6.26 Å². The van der Waals surface area contributed by atoms with Gasteiger partial charge in [-0.05, 0) is 25.5 Å². The van der Waals surface area contributed by atoms with Crippen LogP contribution >= 0.6 is 0 Å². The minimum atomic E-state index is -0.435. The molecule has 1 heterocycles. The molecule has 0 unspecified atom stereocenters. The molecule has 4 nitrogen and oxygen atoms in total. The van der Waals surface area contributed by atoms with Gasteiger partial charge in [-0.3, -0.25) is 0 Å². The largest absolute Gasteiger partial charge is 0.461 e. The fourth-order valence-electron chi connectivity index (χ4n) is 1.58. The van der Waals surface area contributed by atoms with Crippen LogP contribution < -0.4 is 0 Å². The molecule has 100 valence electrons. The van der Waals surface area contributed by atoms with Crippen LogP contribution in [-0.2, 0) is 4.74 Å². The molecule has 0 fully saturated rings. The van der Waals surface area contributed by atoms with Crippen molar-refractivity contribution in [1.82, 2.24) is 4.98 Å². The van der Waals surface area contributed by atoms with Gasteiger partial charge in [0.05, 0.1) is 6.61 Å². The number of unbranched alkanes of at least 4 members (excludes halogenated alkanes) is 1.